The minimum atomic E-state index is -1.51. The summed E-state index contributed by atoms with van der Waals surface area (Å²) in [7, 11) is 2.99. The first-order valence-electron chi connectivity index (χ1n) is 6.01. The van der Waals surface area contributed by atoms with Crippen LogP contribution in [-0.2, 0) is 10.4 Å². The van der Waals surface area contributed by atoms with Gasteiger partial charge in [0.15, 0.2) is 0 Å². The summed E-state index contributed by atoms with van der Waals surface area (Å²) in [6.45, 7) is 3.53. The van der Waals surface area contributed by atoms with Crippen LogP contribution in [0, 0.1) is 5.92 Å². The molecule has 0 aliphatic rings. The topological polar surface area (TPSA) is 76.0 Å². The Bertz CT molecular complexity index is 455. The number of ether oxygens (including phenoxy) is 2. The van der Waals surface area contributed by atoms with Crippen LogP contribution in [0.5, 0.6) is 11.5 Å². The lowest BCUT2D eigenvalue weighted by atomic mass is 9.80. The molecule has 19 heavy (non-hydrogen) atoms. The van der Waals surface area contributed by atoms with Crippen molar-refractivity contribution < 1.29 is 24.5 Å². The summed E-state index contributed by atoms with van der Waals surface area (Å²) in [6.07, 6.45) is -0.395. The minimum Gasteiger partial charge on any atom is -0.497 e. The summed E-state index contributed by atoms with van der Waals surface area (Å²) < 4.78 is 10.3. The van der Waals surface area contributed by atoms with Crippen LogP contribution in [0.2, 0.25) is 0 Å². The molecular weight excluding hydrogens is 248 g/mol. The molecule has 106 valence electrons. The number of aliphatic hydroxyl groups is 1. The summed E-state index contributed by atoms with van der Waals surface area (Å²) in [5.41, 5.74) is -1.09. The zero-order valence-electron chi connectivity index (χ0n) is 11.6. The van der Waals surface area contributed by atoms with E-state index in [1.807, 2.05) is 0 Å². The van der Waals surface area contributed by atoms with E-state index < -0.39 is 18.0 Å². The smallest absolute Gasteiger partial charge is 0.306 e. The molecule has 2 N–H and O–H groups in total. The third-order valence-electron chi connectivity index (χ3n) is 3.25. The van der Waals surface area contributed by atoms with E-state index in [0.29, 0.717) is 17.1 Å². The lowest BCUT2D eigenvalue weighted by Gasteiger charge is -2.32. The fourth-order valence-electron chi connectivity index (χ4n) is 1.99. The molecule has 1 rings (SSSR count). The van der Waals surface area contributed by atoms with Gasteiger partial charge in [-0.15, -0.1) is 0 Å². The molecule has 0 aliphatic heterocycles. The Morgan fingerprint density at radius 3 is 2.37 bits per heavy atom. The highest BCUT2D eigenvalue weighted by Gasteiger charge is 2.38. The number of benzene rings is 1. The molecule has 5 heteroatoms. The minimum absolute atomic E-state index is 0.287. The molecule has 5 nitrogen and oxygen atoms in total. The zero-order chi connectivity index (χ0) is 14.6. The van der Waals surface area contributed by atoms with Crippen LogP contribution in [0.1, 0.15) is 25.8 Å². The van der Waals surface area contributed by atoms with Gasteiger partial charge in [0.05, 0.1) is 20.6 Å². The molecule has 1 aromatic carbocycles. The standard InChI is InChI=1S/C14H20O5/c1-9(2)14(17,8-13(15)16)11-7-10(18-3)5-6-12(11)19-4/h5-7,9,17H,8H2,1-4H3,(H,15,16). The lowest BCUT2D eigenvalue weighted by molar-refractivity contribution is -0.145. The van der Waals surface area contributed by atoms with E-state index in [1.54, 1.807) is 32.0 Å². The average Bonchev–Trinajstić information content (AvgIpc) is 2.36. The Balaban J connectivity index is 3.39. The van der Waals surface area contributed by atoms with Crippen molar-refractivity contribution in [2.24, 2.45) is 5.92 Å². The summed E-state index contributed by atoms with van der Waals surface area (Å²) in [5, 5.41) is 19.8. The molecule has 0 saturated carbocycles. The van der Waals surface area contributed by atoms with Crippen molar-refractivity contribution in [2.75, 3.05) is 14.2 Å². The summed E-state index contributed by atoms with van der Waals surface area (Å²) in [5.74, 6) is -0.371. The second-order valence-electron chi connectivity index (χ2n) is 4.72. The number of carbonyl (C=O) groups is 1. The quantitative estimate of drug-likeness (QED) is 0.825. The number of rotatable bonds is 6. The van der Waals surface area contributed by atoms with Crippen LogP contribution >= 0.6 is 0 Å². The second-order valence-corrected chi connectivity index (χ2v) is 4.72. The van der Waals surface area contributed by atoms with E-state index in [-0.39, 0.29) is 5.92 Å². The van der Waals surface area contributed by atoms with Gasteiger partial charge in [-0.2, -0.15) is 0 Å². The normalized spacial score (nSPS) is 14.0. The molecule has 0 amide bonds. The zero-order valence-corrected chi connectivity index (χ0v) is 11.6. The Kier molecular flexibility index (Phi) is 4.78. The molecule has 0 aromatic heterocycles. The van der Waals surface area contributed by atoms with E-state index in [9.17, 15) is 9.90 Å². The third-order valence-corrected chi connectivity index (χ3v) is 3.25. The van der Waals surface area contributed by atoms with Crippen molar-refractivity contribution in [3.8, 4) is 11.5 Å². The van der Waals surface area contributed by atoms with Crippen molar-refractivity contribution in [3.63, 3.8) is 0 Å². The first-order valence-corrected chi connectivity index (χ1v) is 6.01. The first kappa shape index (κ1) is 15.3. The predicted molar refractivity (Wildman–Crippen MR) is 70.5 cm³/mol. The molecule has 0 fully saturated rings. The van der Waals surface area contributed by atoms with Crippen molar-refractivity contribution in [2.45, 2.75) is 25.9 Å². The van der Waals surface area contributed by atoms with Crippen LogP contribution in [0.25, 0.3) is 0 Å². The number of carboxylic acids is 1. The number of carboxylic acid groups (broad SMARTS) is 1. The monoisotopic (exact) mass is 268 g/mol. The lowest BCUT2D eigenvalue weighted by Crippen LogP contribution is -2.35. The van der Waals surface area contributed by atoms with Crippen LogP contribution in [0.4, 0.5) is 0 Å². The van der Waals surface area contributed by atoms with Crippen LogP contribution in [0.3, 0.4) is 0 Å². The summed E-state index contributed by atoms with van der Waals surface area (Å²) >= 11 is 0. The number of methoxy groups -OCH3 is 2. The third kappa shape index (κ3) is 3.17. The Morgan fingerprint density at radius 1 is 1.32 bits per heavy atom. The van der Waals surface area contributed by atoms with Gasteiger partial charge in [0.25, 0.3) is 0 Å². The van der Waals surface area contributed by atoms with E-state index in [4.69, 9.17) is 14.6 Å². The van der Waals surface area contributed by atoms with Gasteiger partial charge >= 0.3 is 5.97 Å². The molecule has 0 spiro atoms. The first-order chi connectivity index (χ1) is 8.85. The molecule has 1 atom stereocenters. The number of hydrogen-bond acceptors (Lipinski definition) is 4. The molecule has 0 radical (unpaired) electrons. The molecule has 1 aromatic rings. The SMILES string of the molecule is COc1ccc(OC)c(C(O)(CC(=O)O)C(C)C)c1. The molecule has 1 unspecified atom stereocenters. The average molecular weight is 268 g/mol. The van der Waals surface area contributed by atoms with Crippen molar-refractivity contribution in [1.82, 2.24) is 0 Å². The number of aliphatic carboxylic acids is 1. The maximum Gasteiger partial charge on any atom is 0.306 e. The van der Waals surface area contributed by atoms with Crippen LogP contribution < -0.4 is 9.47 Å². The maximum atomic E-state index is 11.0. The van der Waals surface area contributed by atoms with Crippen LogP contribution in [-0.4, -0.2) is 30.4 Å². The van der Waals surface area contributed by atoms with Crippen LogP contribution in [0.15, 0.2) is 18.2 Å². The van der Waals surface area contributed by atoms with Gasteiger partial charge in [0.1, 0.15) is 17.1 Å². The highest BCUT2D eigenvalue weighted by Crippen LogP contribution is 2.40. The second kappa shape index (κ2) is 5.93. The van der Waals surface area contributed by atoms with Crippen molar-refractivity contribution in [3.05, 3.63) is 23.8 Å². The molecule has 0 bridgehead atoms. The predicted octanol–water partition coefficient (Wildman–Crippen LogP) is 2.02. The van der Waals surface area contributed by atoms with Gasteiger partial charge < -0.3 is 19.7 Å². The molecule has 0 aliphatic carbocycles. The van der Waals surface area contributed by atoms with E-state index in [1.165, 1.54) is 14.2 Å². The molecule has 0 saturated heterocycles. The largest absolute Gasteiger partial charge is 0.497 e. The highest BCUT2D eigenvalue weighted by molar-refractivity contribution is 5.69. The fraction of sp³-hybridized carbons (Fsp3) is 0.500. The Labute approximate surface area is 112 Å². The van der Waals surface area contributed by atoms with Crippen molar-refractivity contribution >= 4 is 5.97 Å². The summed E-state index contributed by atoms with van der Waals surface area (Å²) in [4.78, 5) is 11.0. The molecular formula is C14H20O5. The number of hydrogen-bond donors (Lipinski definition) is 2. The van der Waals surface area contributed by atoms with Crippen molar-refractivity contribution in [1.29, 1.82) is 0 Å². The Hall–Kier alpha value is -1.75. The van der Waals surface area contributed by atoms with Gasteiger partial charge in [0, 0.05) is 5.56 Å². The van der Waals surface area contributed by atoms with Gasteiger partial charge in [0.2, 0.25) is 0 Å². The van der Waals surface area contributed by atoms with Gasteiger partial charge in [-0.1, -0.05) is 13.8 Å². The molecule has 0 heterocycles. The van der Waals surface area contributed by atoms with E-state index in [0.717, 1.165) is 0 Å². The maximum absolute atomic E-state index is 11.0. The van der Waals surface area contributed by atoms with Gasteiger partial charge in [-0.3, -0.25) is 4.79 Å². The highest BCUT2D eigenvalue weighted by atomic mass is 16.5. The van der Waals surface area contributed by atoms with E-state index in [2.05, 4.69) is 0 Å². The Morgan fingerprint density at radius 2 is 1.95 bits per heavy atom. The summed E-state index contributed by atoms with van der Waals surface area (Å²) in [6, 6.07) is 4.97. The van der Waals surface area contributed by atoms with Gasteiger partial charge in [-0.25, -0.2) is 0 Å². The fourth-order valence-corrected chi connectivity index (χ4v) is 1.99. The van der Waals surface area contributed by atoms with Gasteiger partial charge in [-0.05, 0) is 24.1 Å². The van der Waals surface area contributed by atoms with E-state index >= 15 is 0 Å².